The number of sulfonamides is 1. The van der Waals surface area contributed by atoms with Crippen LogP contribution < -0.4 is 5.32 Å². The summed E-state index contributed by atoms with van der Waals surface area (Å²) in [5, 5.41) is 11.5. The van der Waals surface area contributed by atoms with Crippen molar-refractivity contribution in [1.29, 1.82) is 0 Å². The number of anilines is 1. The zero-order valence-electron chi connectivity index (χ0n) is 16.6. The number of benzene rings is 1. The van der Waals surface area contributed by atoms with Gasteiger partial charge < -0.3 is 10.1 Å². The number of methoxy groups -OCH3 is 1. The van der Waals surface area contributed by atoms with Crippen molar-refractivity contribution >= 4 is 61.7 Å². The van der Waals surface area contributed by atoms with Crippen molar-refractivity contribution in [1.82, 2.24) is 14.5 Å². The number of piperidine rings is 1. The highest BCUT2D eigenvalue weighted by molar-refractivity contribution is 8.01. The summed E-state index contributed by atoms with van der Waals surface area (Å²) >= 11 is 8.20. The number of rotatable bonds is 8. The van der Waals surface area contributed by atoms with Gasteiger partial charge in [-0.2, -0.15) is 0 Å². The van der Waals surface area contributed by atoms with Crippen molar-refractivity contribution in [2.75, 3.05) is 31.3 Å². The number of carbonyl (C=O) groups is 2. The molecule has 0 saturated carbocycles. The predicted octanol–water partition coefficient (Wildman–Crippen LogP) is 2.64. The van der Waals surface area contributed by atoms with Crippen molar-refractivity contribution in [3.05, 3.63) is 34.9 Å². The minimum atomic E-state index is -3.47. The maximum atomic E-state index is 12.7. The van der Waals surface area contributed by atoms with Gasteiger partial charge in [-0.1, -0.05) is 46.8 Å². The van der Waals surface area contributed by atoms with E-state index in [1.807, 2.05) is 0 Å². The first-order valence-corrected chi connectivity index (χ1v) is 13.1. The Morgan fingerprint density at radius 1 is 1.26 bits per heavy atom. The van der Waals surface area contributed by atoms with E-state index < -0.39 is 10.0 Å². The zero-order chi connectivity index (χ0) is 22.4. The van der Waals surface area contributed by atoms with Crippen LogP contribution in [0.25, 0.3) is 0 Å². The lowest BCUT2D eigenvalue weighted by Crippen LogP contribution is -2.41. The maximum Gasteiger partial charge on any atom is 0.316 e. The molecule has 0 unspecified atom stereocenters. The third kappa shape index (κ3) is 6.88. The minimum absolute atomic E-state index is 0.0994. The van der Waals surface area contributed by atoms with E-state index in [-0.39, 0.29) is 42.4 Å². The molecule has 1 aliphatic rings. The summed E-state index contributed by atoms with van der Waals surface area (Å²) in [5.41, 5.74) is 0.668. The van der Waals surface area contributed by atoms with Gasteiger partial charge >= 0.3 is 5.97 Å². The standard InChI is InChI=1S/C18H21ClN4O5S3/c1-28-15(24)10-29-18-22-21-17(30-18)20-16(25)13-6-8-23(9-7-13)31(26,27)11-12-2-4-14(19)5-3-12/h2-5,13H,6-11H2,1H3,(H,20,21,25). The Bertz CT molecular complexity index is 1020. The van der Waals surface area contributed by atoms with Crippen molar-refractivity contribution in [2.45, 2.75) is 22.9 Å². The number of hydrogen-bond donors (Lipinski definition) is 1. The van der Waals surface area contributed by atoms with E-state index >= 15 is 0 Å². The number of aromatic nitrogens is 2. The Kier molecular flexibility index (Phi) is 8.28. The fourth-order valence-electron chi connectivity index (χ4n) is 2.98. The summed E-state index contributed by atoms with van der Waals surface area (Å²) < 4.78 is 31.9. The molecule has 0 atom stereocenters. The lowest BCUT2D eigenvalue weighted by Gasteiger charge is -2.30. The first-order valence-electron chi connectivity index (χ1n) is 9.33. The Hall–Kier alpha value is -1.73. The number of nitrogens with one attached hydrogen (secondary N) is 1. The van der Waals surface area contributed by atoms with Crippen LogP contribution in [0.1, 0.15) is 18.4 Å². The molecular formula is C18H21ClN4O5S3. The molecule has 2 aromatic rings. The Morgan fingerprint density at radius 3 is 2.58 bits per heavy atom. The highest BCUT2D eigenvalue weighted by Gasteiger charge is 2.31. The molecule has 0 bridgehead atoms. The number of esters is 1. The summed E-state index contributed by atoms with van der Waals surface area (Å²) in [4.78, 5) is 23.7. The van der Waals surface area contributed by atoms with E-state index in [0.717, 1.165) is 0 Å². The number of halogens is 1. The van der Waals surface area contributed by atoms with Crippen molar-refractivity contribution in [3.8, 4) is 0 Å². The van der Waals surface area contributed by atoms with E-state index in [4.69, 9.17) is 11.6 Å². The van der Waals surface area contributed by atoms with Gasteiger partial charge in [0.1, 0.15) is 0 Å². The van der Waals surface area contributed by atoms with Crippen LogP contribution in [-0.4, -0.2) is 60.7 Å². The molecule has 1 aliphatic heterocycles. The first kappa shape index (κ1) is 23.9. The quantitative estimate of drug-likeness (QED) is 0.331. The lowest BCUT2D eigenvalue weighted by molar-refractivity contribution is -0.137. The molecule has 31 heavy (non-hydrogen) atoms. The molecule has 1 saturated heterocycles. The molecule has 0 aliphatic carbocycles. The molecule has 1 N–H and O–H groups in total. The monoisotopic (exact) mass is 504 g/mol. The number of ether oxygens (including phenoxy) is 1. The predicted molar refractivity (Wildman–Crippen MR) is 120 cm³/mol. The average molecular weight is 505 g/mol. The van der Waals surface area contributed by atoms with E-state index in [0.29, 0.717) is 32.9 Å². The number of thioether (sulfide) groups is 1. The van der Waals surface area contributed by atoms with E-state index in [1.165, 1.54) is 34.5 Å². The third-order valence-corrected chi connectivity index (χ3v) is 8.71. The molecule has 1 aromatic heterocycles. The number of hydrogen-bond acceptors (Lipinski definition) is 9. The van der Waals surface area contributed by atoms with E-state index in [9.17, 15) is 18.0 Å². The van der Waals surface area contributed by atoms with Crippen molar-refractivity contribution in [2.24, 2.45) is 5.92 Å². The Labute approximate surface area is 193 Å². The zero-order valence-corrected chi connectivity index (χ0v) is 19.8. The molecule has 168 valence electrons. The fraction of sp³-hybridized carbons (Fsp3) is 0.444. The number of carbonyl (C=O) groups excluding carboxylic acids is 2. The van der Waals surface area contributed by atoms with Gasteiger partial charge in [0, 0.05) is 24.0 Å². The van der Waals surface area contributed by atoms with Crippen LogP contribution in [-0.2, 0) is 30.1 Å². The van der Waals surface area contributed by atoms with Crippen molar-refractivity contribution in [3.63, 3.8) is 0 Å². The Balaban J connectivity index is 1.48. The molecule has 3 rings (SSSR count). The van der Waals surface area contributed by atoms with E-state index in [2.05, 4.69) is 20.3 Å². The lowest BCUT2D eigenvalue weighted by atomic mass is 9.97. The smallest absolute Gasteiger partial charge is 0.316 e. The van der Waals surface area contributed by atoms with Gasteiger partial charge in [0.05, 0.1) is 18.6 Å². The van der Waals surface area contributed by atoms with Gasteiger partial charge in [0.2, 0.25) is 21.1 Å². The normalized spacial score (nSPS) is 15.5. The second-order valence-electron chi connectivity index (χ2n) is 6.78. The van der Waals surface area contributed by atoms with Crippen LogP contribution in [0.4, 0.5) is 5.13 Å². The molecule has 0 spiro atoms. The van der Waals surface area contributed by atoms with Crippen LogP contribution >= 0.6 is 34.7 Å². The summed E-state index contributed by atoms with van der Waals surface area (Å²) in [6, 6.07) is 6.71. The highest BCUT2D eigenvalue weighted by atomic mass is 35.5. The maximum absolute atomic E-state index is 12.7. The summed E-state index contributed by atoms with van der Waals surface area (Å²) in [6.45, 7) is 0.564. The third-order valence-electron chi connectivity index (χ3n) is 4.66. The highest BCUT2D eigenvalue weighted by Crippen LogP contribution is 2.27. The molecule has 9 nitrogen and oxygen atoms in total. The molecule has 1 amide bonds. The van der Waals surface area contributed by atoms with Gasteiger partial charge in [-0.3, -0.25) is 9.59 Å². The van der Waals surface area contributed by atoms with Crippen LogP contribution in [0.3, 0.4) is 0 Å². The Morgan fingerprint density at radius 2 is 1.94 bits per heavy atom. The van der Waals surface area contributed by atoms with Crippen molar-refractivity contribution < 1.29 is 22.7 Å². The molecule has 13 heteroatoms. The molecule has 0 radical (unpaired) electrons. The summed E-state index contributed by atoms with van der Waals surface area (Å²) in [6.07, 6.45) is 0.850. The minimum Gasteiger partial charge on any atom is -0.468 e. The van der Waals surface area contributed by atoms with Crippen LogP contribution in [0.5, 0.6) is 0 Å². The van der Waals surface area contributed by atoms with Gasteiger partial charge in [0.15, 0.2) is 4.34 Å². The molecule has 1 aromatic carbocycles. The molecule has 1 fully saturated rings. The first-order chi connectivity index (χ1) is 14.8. The fourth-order valence-corrected chi connectivity index (χ4v) is 6.26. The summed E-state index contributed by atoms with van der Waals surface area (Å²) in [5.74, 6) is -0.879. The van der Waals surface area contributed by atoms with Gasteiger partial charge in [-0.15, -0.1) is 10.2 Å². The summed E-state index contributed by atoms with van der Waals surface area (Å²) in [7, 11) is -2.16. The van der Waals surface area contributed by atoms with Gasteiger partial charge in [-0.25, -0.2) is 12.7 Å². The van der Waals surface area contributed by atoms with Gasteiger partial charge in [-0.05, 0) is 30.5 Å². The topological polar surface area (TPSA) is 119 Å². The average Bonchev–Trinajstić information content (AvgIpc) is 3.20. The largest absolute Gasteiger partial charge is 0.468 e. The van der Waals surface area contributed by atoms with Gasteiger partial charge in [0.25, 0.3) is 0 Å². The SMILES string of the molecule is COC(=O)CSc1nnc(NC(=O)C2CCN(S(=O)(=O)Cc3ccc(Cl)cc3)CC2)s1. The number of nitrogens with zero attached hydrogens (tertiary/aromatic N) is 3. The molecule has 2 heterocycles. The van der Waals surface area contributed by atoms with Crippen LogP contribution in [0.2, 0.25) is 5.02 Å². The second-order valence-corrected chi connectivity index (χ2v) is 11.4. The number of amides is 1. The van der Waals surface area contributed by atoms with Crippen LogP contribution in [0, 0.1) is 5.92 Å². The van der Waals surface area contributed by atoms with E-state index in [1.54, 1.807) is 24.3 Å². The second kappa shape index (κ2) is 10.7. The molecular weight excluding hydrogens is 484 g/mol. The van der Waals surface area contributed by atoms with Crippen LogP contribution in [0.15, 0.2) is 28.6 Å².